The highest BCUT2D eigenvalue weighted by Crippen LogP contribution is 2.42. The third-order valence-corrected chi connectivity index (χ3v) is 8.36. The van der Waals surface area contributed by atoms with E-state index >= 15 is 0 Å². The molecule has 0 aromatic rings. The summed E-state index contributed by atoms with van der Waals surface area (Å²) in [4.78, 5) is 59.8. The van der Waals surface area contributed by atoms with Gasteiger partial charge < -0.3 is 14.9 Å². The number of β-amino-alcohol motifs (C(OH)–C–C–N with tert-alkyl or cyclic N) is 1. The first kappa shape index (κ1) is 22.7. The monoisotopic (exact) mass is 461 g/mol. The van der Waals surface area contributed by atoms with Gasteiger partial charge in [0.2, 0.25) is 17.7 Å². The van der Waals surface area contributed by atoms with Gasteiger partial charge in [0.05, 0.1) is 12.1 Å². The molecular weight excluding hydrogens is 426 g/mol. The number of aliphatic hydroxyl groups is 1. The van der Waals surface area contributed by atoms with Gasteiger partial charge in [-0.3, -0.25) is 33.9 Å². The first-order chi connectivity index (χ1) is 15.8. The average molecular weight is 462 g/mol. The summed E-state index contributed by atoms with van der Waals surface area (Å²) in [6, 6.07) is -0.120. The molecule has 1 N–H and O–H groups in total. The number of nitrogens with zero attached hydrogens (tertiary/aromatic N) is 5. The van der Waals surface area contributed by atoms with E-state index in [0.717, 1.165) is 38.9 Å². The molecule has 182 valence electrons. The lowest BCUT2D eigenvalue weighted by molar-refractivity contribution is -0.183. The number of piperidine rings is 1. The summed E-state index contributed by atoms with van der Waals surface area (Å²) < 4.78 is 0. The molecule has 10 nitrogen and oxygen atoms in total. The lowest BCUT2D eigenvalue weighted by atomic mass is 9.80. The second-order valence-corrected chi connectivity index (χ2v) is 10.4. The van der Waals surface area contributed by atoms with Gasteiger partial charge in [0.25, 0.3) is 5.91 Å². The molecule has 5 heterocycles. The number of imide groups is 1. The summed E-state index contributed by atoms with van der Waals surface area (Å²) in [5, 5.41) is 10.3. The van der Waals surface area contributed by atoms with Crippen LogP contribution in [0, 0.1) is 0 Å². The largest absolute Gasteiger partial charge is 0.392 e. The molecule has 5 saturated heterocycles. The minimum Gasteiger partial charge on any atom is -0.392 e. The van der Waals surface area contributed by atoms with E-state index in [2.05, 4.69) is 4.90 Å². The third kappa shape index (κ3) is 3.85. The summed E-state index contributed by atoms with van der Waals surface area (Å²) in [6.45, 7) is 6.21. The Morgan fingerprint density at radius 2 is 1.82 bits per heavy atom. The number of aliphatic hydroxyl groups excluding tert-OH is 1. The van der Waals surface area contributed by atoms with E-state index in [0.29, 0.717) is 58.0 Å². The summed E-state index contributed by atoms with van der Waals surface area (Å²) >= 11 is 0. The fourth-order valence-electron chi connectivity index (χ4n) is 6.49. The predicted molar refractivity (Wildman–Crippen MR) is 118 cm³/mol. The lowest BCUT2D eigenvalue weighted by Crippen LogP contribution is -2.82. The van der Waals surface area contributed by atoms with E-state index in [4.69, 9.17) is 0 Å². The molecule has 5 aliphatic heterocycles. The zero-order valence-electron chi connectivity index (χ0n) is 19.4. The molecule has 0 aromatic heterocycles. The maximum absolute atomic E-state index is 13.7. The van der Waals surface area contributed by atoms with Crippen molar-refractivity contribution < 1.29 is 24.3 Å². The van der Waals surface area contributed by atoms with E-state index in [1.807, 2.05) is 14.7 Å². The van der Waals surface area contributed by atoms with Crippen LogP contribution >= 0.6 is 0 Å². The second kappa shape index (κ2) is 8.63. The molecule has 1 spiro atoms. The Bertz CT molecular complexity index is 835. The van der Waals surface area contributed by atoms with Gasteiger partial charge in [-0.25, -0.2) is 0 Å². The van der Waals surface area contributed by atoms with Crippen LogP contribution in [-0.2, 0) is 19.2 Å². The predicted octanol–water partition coefficient (Wildman–Crippen LogP) is -1.13. The molecule has 0 unspecified atom stereocenters. The van der Waals surface area contributed by atoms with Crippen molar-refractivity contribution in [1.29, 1.82) is 0 Å². The fraction of sp³-hybridized carbons (Fsp3) is 0.826. The van der Waals surface area contributed by atoms with Crippen molar-refractivity contribution in [2.24, 2.45) is 0 Å². The zero-order valence-corrected chi connectivity index (χ0v) is 19.4. The Morgan fingerprint density at radius 1 is 1.09 bits per heavy atom. The summed E-state index contributed by atoms with van der Waals surface area (Å²) in [7, 11) is 0. The van der Waals surface area contributed by atoms with Crippen LogP contribution in [0.5, 0.6) is 0 Å². The summed E-state index contributed by atoms with van der Waals surface area (Å²) in [5.41, 5.74) is -0.753. The molecule has 0 bridgehead atoms. The van der Waals surface area contributed by atoms with Crippen LogP contribution in [-0.4, -0.2) is 129 Å². The van der Waals surface area contributed by atoms with Crippen LogP contribution in [0.15, 0.2) is 0 Å². The molecule has 5 aliphatic rings. The Morgan fingerprint density at radius 3 is 2.45 bits per heavy atom. The Hall–Kier alpha value is -2.04. The van der Waals surface area contributed by atoms with Crippen molar-refractivity contribution in [3.05, 3.63) is 0 Å². The van der Waals surface area contributed by atoms with Gasteiger partial charge in [0.1, 0.15) is 5.54 Å². The molecule has 10 heteroatoms. The van der Waals surface area contributed by atoms with Crippen molar-refractivity contribution in [2.45, 2.75) is 69.2 Å². The van der Waals surface area contributed by atoms with Crippen molar-refractivity contribution in [2.75, 3.05) is 52.4 Å². The molecule has 5 rings (SSSR count). The van der Waals surface area contributed by atoms with Crippen molar-refractivity contribution in [3.63, 3.8) is 0 Å². The molecule has 4 amide bonds. The number of likely N-dealkylation sites (tertiary alicyclic amines) is 3. The molecule has 0 radical (unpaired) electrons. The maximum atomic E-state index is 13.7. The minimum atomic E-state index is -0.753. The normalized spacial score (nSPS) is 31.0. The number of hydrogen-bond acceptors (Lipinski definition) is 7. The quantitative estimate of drug-likeness (QED) is 0.517. The molecule has 2 atom stereocenters. The van der Waals surface area contributed by atoms with Crippen LogP contribution in [0.1, 0.15) is 45.4 Å². The number of fused-ring (bicyclic) bond motifs is 2. The van der Waals surface area contributed by atoms with E-state index in [1.54, 1.807) is 6.92 Å². The highest BCUT2D eigenvalue weighted by atomic mass is 16.3. The van der Waals surface area contributed by atoms with Gasteiger partial charge in [-0.05, 0) is 32.1 Å². The molecule has 0 aliphatic carbocycles. The fourth-order valence-corrected chi connectivity index (χ4v) is 6.49. The lowest BCUT2D eigenvalue weighted by Gasteiger charge is -2.60. The highest BCUT2D eigenvalue weighted by Gasteiger charge is 2.64. The Kier molecular flexibility index (Phi) is 5.95. The van der Waals surface area contributed by atoms with E-state index in [9.17, 15) is 24.3 Å². The van der Waals surface area contributed by atoms with Gasteiger partial charge in [-0.1, -0.05) is 0 Å². The van der Waals surface area contributed by atoms with Crippen LogP contribution in [0.3, 0.4) is 0 Å². The van der Waals surface area contributed by atoms with Crippen LogP contribution in [0.25, 0.3) is 0 Å². The van der Waals surface area contributed by atoms with Crippen molar-refractivity contribution in [3.8, 4) is 0 Å². The second-order valence-electron chi connectivity index (χ2n) is 10.4. The van der Waals surface area contributed by atoms with Gasteiger partial charge in [-0.2, -0.15) is 0 Å². The van der Waals surface area contributed by atoms with Crippen molar-refractivity contribution >= 4 is 23.6 Å². The third-order valence-electron chi connectivity index (χ3n) is 8.36. The molecule has 0 aromatic carbocycles. The van der Waals surface area contributed by atoms with Crippen LogP contribution in [0.4, 0.5) is 0 Å². The molecule has 5 fully saturated rings. The highest BCUT2D eigenvalue weighted by molar-refractivity contribution is 6.06. The number of piperazine rings is 1. The standard InChI is InChI=1S/C23H35N5O5/c1-16(29)24-10-5-17(6-11-24)26-14-23(15-26)22(33)27(9-3-8-25-7-2-4-20(25)31)21(32)19-12-18(30)13-28(19)23/h17-19,30H,2-15H2,1H3/t18-,19+/m1/s1. The molecular formula is C23H35N5O5. The Labute approximate surface area is 194 Å². The first-order valence-electron chi connectivity index (χ1n) is 12.4. The van der Waals surface area contributed by atoms with E-state index in [1.165, 1.54) is 4.90 Å². The summed E-state index contributed by atoms with van der Waals surface area (Å²) in [5.74, 6) is -0.0980. The van der Waals surface area contributed by atoms with E-state index in [-0.39, 0.29) is 23.6 Å². The van der Waals surface area contributed by atoms with Crippen LogP contribution < -0.4 is 0 Å². The first-order valence-corrected chi connectivity index (χ1v) is 12.4. The molecule has 0 saturated carbocycles. The van der Waals surface area contributed by atoms with E-state index < -0.39 is 17.7 Å². The van der Waals surface area contributed by atoms with Gasteiger partial charge in [0, 0.05) is 71.7 Å². The van der Waals surface area contributed by atoms with Gasteiger partial charge in [-0.15, -0.1) is 0 Å². The number of carbonyl (C=O) groups excluding carboxylic acids is 4. The van der Waals surface area contributed by atoms with Crippen LogP contribution in [0.2, 0.25) is 0 Å². The Balaban J connectivity index is 1.25. The number of carbonyl (C=O) groups is 4. The minimum absolute atomic E-state index is 0.106. The number of hydrogen-bond donors (Lipinski definition) is 1. The smallest absolute Gasteiger partial charge is 0.252 e. The van der Waals surface area contributed by atoms with Crippen molar-refractivity contribution in [1.82, 2.24) is 24.5 Å². The summed E-state index contributed by atoms with van der Waals surface area (Å²) in [6.07, 6.45) is 3.59. The van der Waals surface area contributed by atoms with Gasteiger partial charge in [0.15, 0.2) is 0 Å². The SMILES string of the molecule is CC(=O)N1CCC(N2CC3(C2)C(=O)N(CCCN2CCCC2=O)C(=O)[C@@H]2C[C@@H](O)CN23)CC1. The topological polar surface area (TPSA) is 105 Å². The average Bonchev–Trinajstić information content (AvgIpc) is 3.35. The van der Waals surface area contributed by atoms with Gasteiger partial charge >= 0.3 is 0 Å². The zero-order chi connectivity index (χ0) is 23.3. The number of rotatable bonds is 5. The molecule has 33 heavy (non-hydrogen) atoms. The maximum Gasteiger partial charge on any atom is 0.252 e. The number of amides is 4.